The largest absolute Gasteiger partial charge is 0.345 e. The van der Waals surface area contributed by atoms with Crippen molar-refractivity contribution >= 4 is 44.6 Å². The van der Waals surface area contributed by atoms with E-state index in [4.69, 9.17) is 11.6 Å². The molecule has 0 spiro atoms. The maximum Gasteiger partial charge on any atom is 0.265 e. The van der Waals surface area contributed by atoms with Crippen molar-refractivity contribution in [2.75, 3.05) is 17.8 Å². The number of halogens is 2. The smallest absolute Gasteiger partial charge is 0.265 e. The lowest BCUT2D eigenvalue weighted by Gasteiger charge is -2.17. The number of aryl methyl sites for hydroxylation is 1. The molecule has 2 aromatic heterocycles. The predicted molar refractivity (Wildman–Crippen MR) is 125 cm³/mol. The number of carbonyl (C=O) groups is 1. The third-order valence-electron chi connectivity index (χ3n) is 5.21. The summed E-state index contributed by atoms with van der Waals surface area (Å²) >= 11 is 6.97. The number of rotatable bonds is 7. The summed E-state index contributed by atoms with van der Waals surface area (Å²) < 4.78 is 44.1. The van der Waals surface area contributed by atoms with Gasteiger partial charge in [0.25, 0.3) is 15.9 Å². The number of nitrogens with zero attached hydrogens (tertiary/aromatic N) is 3. The molecule has 0 atom stereocenters. The summed E-state index contributed by atoms with van der Waals surface area (Å²) in [6, 6.07) is 5.19. The van der Waals surface area contributed by atoms with Crippen LogP contribution in [-0.4, -0.2) is 41.9 Å². The Bertz CT molecular complexity index is 1280. The van der Waals surface area contributed by atoms with Gasteiger partial charge in [0.1, 0.15) is 20.6 Å². The van der Waals surface area contributed by atoms with Crippen LogP contribution in [0.5, 0.6) is 0 Å². The molecule has 172 valence electrons. The van der Waals surface area contributed by atoms with Gasteiger partial charge in [0.05, 0.1) is 17.1 Å². The van der Waals surface area contributed by atoms with Gasteiger partial charge in [-0.1, -0.05) is 11.6 Å². The Morgan fingerprint density at radius 3 is 2.50 bits per heavy atom. The molecule has 1 N–H and O–H groups in total. The van der Waals surface area contributed by atoms with Gasteiger partial charge >= 0.3 is 0 Å². The minimum absolute atomic E-state index is 0.00572. The highest BCUT2D eigenvalue weighted by molar-refractivity contribution is 7.92. The molecule has 1 amide bonds. The van der Waals surface area contributed by atoms with Crippen LogP contribution in [0, 0.1) is 19.7 Å². The van der Waals surface area contributed by atoms with E-state index in [1.165, 1.54) is 29.5 Å². The fraction of sp³-hybridized carbons (Fsp3) is 0.333. The molecule has 0 saturated carbocycles. The van der Waals surface area contributed by atoms with Crippen LogP contribution in [0.2, 0.25) is 5.02 Å². The molecule has 32 heavy (non-hydrogen) atoms. The van der Waals surface area contributed by atoms with E-state index in [-0.39, 0.29) is 21.5 Å². The summed E-state index contributed by atoms with van der Waals surface area (Å²) in [6.07, 6.45) is 0. The van der Waals surface area contributed by atoms with E-state index in [0.29, 0.717) is 40.1 Å². The minimum Gasteiger partial charge on any atom is -0.345 e. The Morgan fingerprint density at radius 1 is 1.25 bits per heavy atom. The van der Waals surface area contributed by atoms with Crippen molar-refractivity contribution in [3.63, 3.8) is 0 Å². The standard InChI is InChI=1S/C21H24ClFN4O3S2/c1-6-27(7-2)21(28)19-12(3)24-20(31-19)17-11-18(13(4)26(17)5)32(29,30)25-16-9-8-14(22)10-15(16)23/h8-11,25H,6-7H2,1-5H3. The zero-order valence-corrected chi connectivity index (χ0v) is 20.8. The molecule has 0 saturated heterocycles. The van der Waals surface area contributed by atoms with E-state index in [9.17, 15) is 17.6 Å². The van der Waals surface area contributed by atoms with E-state index in [0.717, 1.165) is 6.07 Å². The van der Waals surface area contributed by atoms with Gasteiger partial charge in [-0.05, 0) is 52.0 Å². The van der Waals surface area contributed by atoms with Gasteiger partial charge in [0.15, 0.2) is 0 Å². The lowest BCUT2D eigenvalue weighted by Crippen LogP contribution is -2.30. The van der Waals surface area contributed by atoms with Crippen LogP contribution in [-0.2, 0) is 17.1 Å². The van der Waals surface area contributed by atoms with Gasteiger partial charge in [-0.2, -0.15) is 0 Å². The Morgan fingerprint density at radius 2 is 1.91 bits per heavy atom. The molecule has 0 aliphatic heterocycles. The number of nitrogens with one attached hydrogen (secondary N) is 1. The Kier molecular flexibility index (Phi) is 6.97. The van der Waals surface area contributed by atoms with E-state index < -0.39 is 15.8 Å². The molecule has 3 aromatic rings. The molecule has 2 heterocycles. The number of benzene rings is 1. The molecular formula is C21H24ClFN4O3S2. The molecule has 11 heteroatoms. The first-order valence-electron chi connectivity index (χ1n) is 9.91. The van der Waals surface area contributed by atoms with Gasteiger partial charge in [0, 0.05) is 30.9 Å². The van der Waals surface area contributed by atoms with Crippen LogP contribution in [0.15, 0.2) is 29.2 Å². The molecule has 0 radical (unpaired) electrons. The third kappa shape index (κ3) is 4.53. The second-order valence-electron chi connectivity index (χ2n) is 7.18. The van der Waals surface area contributed by atoms with Crippen molar-refractivity contribution in [1.82, 2.24) is 14.5 Å². The predicted octanol–water partition coefficient (Wildman–Crippen LogP) is 4.84. The van der Waals surface area contributed by atoms with Gasteiger partial charge in [-0.25, -0.2) is 17.8 Å². The fourth-order valence-electron chi connectivity index (χ4n) is 3.28. The van der Waals surface area contributed by atoms with Gasteiger partial charge in [-0.3, -0.25) is 9.52 Å². The summed E-state index contributed by atoms with van der Waals surface area (Å²) in [5.74, 6) is -0.875. The summed E-state index contributed by atoms with van der Waals surface area (Å²) in [4.78, 5) is 19.5. The Hall–Kier alpha value is -2.43. The number of aromatic nitrogens is 2. The molecular weight excluding hydrogens is 475 g/mol. The van der Waals surface area contributed by atoms with Crippen LogP contribution in [0.25, 0.3) is 10.7 Å². The highest BCUT2D eigenvalue weighted by atomic mass is 35.5. The summed E-state index contributed by atoms with van der Waals surface area (Å²) in [5, 5.41) is 0.695. The lowest BCUT2D eigenvalue weighted by atomic mass is 10.3. The first-order valence-corrected chi connectivity index (χ1v) is 12.6. The highest BCUT2D eigenvalue weighted by Gasteiger charge is 2.26. The zero-order valence-electron chi connectivity index (χ0n) is 18.4. The molecule has 0 aliphatic rings. The number of anilines is 1. The maximum atomic E-state index is 14.1. The van der Waals surface area contributed by atoms with Crippen LogP contribution >= 0.6 is 22.9 Å². The van der Waals surface area contributed by atoms with E-state index in [2.05, 4.69) is 9.71 Å². The van der Waals surface area contributed by atoms with Crippen molar-refractivity contribution < 1.29 is 17.6 Å². The summed E-state index contributed by atoms with van der Waals surface area (Å²) in [7, 11) is -2.36. The average molecular weight is 499 g/mol. The monoisotopic (exact) mass is 498 g/mol. The van der Waals surface area contributed by atoms with Crippen LogP contribution in [0.3, 0.4) is 0 Å². The van der Waals surface area contributed by atoms with E-state index in [1.807, 2.05) is 13.8 Å². The molecule has 0 bridgehead atoms. The molecule has 1 aromatic carbocycles. The van der Waals surface area contributed by atoms with Crippen molar-refractivity contribution in [3.05, 3.63) is 51.4 Å². The van der Waals surface area contributed by atoms with Gasteiger partial charge in [-0.15, -0.1) is 11.3 Å². The minimum atomic E-state index is -4.08. The lowest BCUT2D eigenvalue weighted by molar-refractivity contribution is 0.0777. The SMILES string of the molecule is CCN(CC)C(=O)c1sc(-c2cc(S(=O)(=O)Nc3ccc(Cl)cc3F)c(C)n2C)nc1C. The first-order chi connectivity index (χ1) is 15.0. The molecule has 0 aliphatic carbocycles. The fourth-order valence-corrected chi connectivity index (χ4v) is 5.88. The van der Waals surface area contributed by atoms with Crippen molar-refractivity contribution in [3.8, 4) is 10.7 Å². The van der Waals surface area contributed by atoms with Crippen molar-refractivity contribution in [2.45, 2.75) is 32.6 Å². The van der Waals surface area contributed by atoms with Gasteiger partial charge in [0.2, 0.25) is 0 Å². The number of amides is 1. The summed E-state index contributed by atoms with van der Waals surface area (Å²) in [5.41, 5.74) is 1.39. The average Bonchev–Trinajstić information content (AvgIpc) is 3.25. The number of carbonyl (C=O) groups excluding carboxylic acids is 1. The van der Waals surface area contributed by atoms with Crippen molar-refractivity contribution in [2.24, 2.45) is 7.05 Å². The first kappa shape index (κ1) is 24.2. The number of thiazole rings is 1. The number of hydrogen-bond donors (Lipinski definition) is 1. The van der Waals surface area contributed by atoms with Crippen LogP contribution < -0.4 is 4.72 Å². The highest BCUT2D eigenvalue weighted by Crippen LogP contribution is 2.33. The van der Waals surface area contributed by atoms with E-state index >= 15 is 0 Å². The van der Waals surface area contributed by atoms with Crippen LogP contribution in [0.4, 0.5) is 10.1 Å². The maximum absolute atomic E-state index is 14.1. The van der Waals surface area contributed by atoms with E-state index in [1.54, 1.807) is 30.4 Å². The molecule has 0 fully saturated rings. The Labute approximate surface area is 195 Å². The molecule has 7 nitrogen and oxygen atoms in total. The number of sulfonamides is 1. The second kappa shape index (κ2) is 9.21. The third-order valence-corrected chi connectivity index (χ3v) is 8.10. The normalized spacial score (nSPS) is 11.6. The topological polar surface area (TPSA) is 84.3 Å². The summed E-state index contributed by atoms with van der Waals surface area (Å²) in [6.45, 7) is 8.40. The van der Waals surface area contributed by atoms with Gasteiger partial charge < -0.3 is 9.47 Å². The second-order valence-corrected chi connectivity index (χ2v) is 10.3. The zero-order chi connectivity index (χ0) is 23.8. The number of hydrogen-bond acceptors (Lipinski definition) is 5. The quantitative estimate of drug-likeness (QED) is 0.505. The molecule has 3 rings (SSSR count). The van der Waals surface area contributed by atoms with Crippen molar-refractivity contribution in [1.29, 1.82) is 0 Å². The Balaban J connectivity index is 2.00. The molecule has 0 unspecified atom stereocenters. The van der Waals surface area contributed by atoms with Crippen LogP contribution in [0.1, 0.15) is 34.9 Å².